The van der Waals surface area contributed by atoms with Crippen LogP contribution in [0, 0.1) is 17.6 Å². The number of nitrogens with zero attached hydrogens (tertiary/aromatic N) is 2. The Hall–Kier alpha value is -2.71. The molecule has 4 rings (SSSR count). The maximum atomic E-state index is 14.0. The van der Waals surface area contributed by atoms with Crippen molar-refractivity contribution in [2.24, 2.45) is 5.92 Å². The quantitative estimate of drug-likeness (QED) is 0.612. The van der Waals surface area contributed by atoms with E-state index in [9.17, 15) is 18.7 Å². The van der Waals surface area contributed by atoms with E-state index in [1.165, 1.54) is 11.4 Å². The van der Waals surface area contributed by atoms with Crippen molar-refractivity contribution in [2.45, 2.75) is 38.2 Å². The van der Waals surface area contributed by atoms with Gasteiger partial charge in [-0.2, -0.15) is 0 Å². The molecule has 0 radical (unpaired) electrons. The number of carbonyl (C=O) groups excluding carboxylic acids is 1. The average Bonchev–Trinajstić information content (AvgIpc) is 3.17. The summed E-state index contributed by atoms with van der Waals surface area (Å²) in [6, 6.07) is 5.44. The zero-order chi connectivity index (χ0) is 21.3. The van der Waals surface area contributed by atoms with E-state index in [0.717, 1.165) is 41.9 Å². The summed E-state index contributed by atoms with van der Waals surface area (Å²) in [4.78, 5) is 21.0. The van der Waals surface area contributed by atoms with Crippen molar-refractivity contribution < 1.29 is 18.7 Å². The zero-order valence-corrected chi connectivity index (χ0v) is 17.1. The molecule has 1 fully saturated rings. The summed E-state index contributed by atoms with van der Waals surface area (Å²) < 4.78 is 28.0. The summed E-state index contributed by atoms with van der Waals surface area (Å²) in [5.41, 5.74) is 1.30. The monoisotopic (exact) mass is 429 g/mol. The van der Waals surface area contributed by atoms with Gasteiger partial charge in [0.15, 0.2) is 0 Å². The lowest BCUT2D eigenvalue weighted by Gasteiger charge is -2.31. The van der Waals surface area contributed by atoms with E-state index in [1.807, 2.05) is 6.07 Å². The number of hydrogen-bond donors (Lipinski definition) is 2. The van der Waals surface area contributed by atoms with E-state index in [-0.39, 0.29) is 28.3 Å². The molecule has 1 amide bonds. The van der Waals surface area contributed by atoms with Crippen molar-refractivity contribution in [1.29, 1.82) is 0 Å². The fourth-order valence-electron chi connectivity index (χ4n) is 4.07. The summed E-state index contributed by atoms with van der Waals surface area (Å²) in [6.07, 6.45) is 5.19. The van der Waals surface area contributed by atoms with Crippen LogP contribution in [0.15, 0.2) is 42.0 Å². The Morgan fingerprint density at radius 1 is 1.20 bits per heavy atom. The van der Waals surface area contributed by atoms with Crippen molar-refractivity contribution in [3.05, 3.63) is 64.9 Å². The van der Waals surface area contributed by atoms with Crippen LogP contribution in [0.3, 0.4) is 0 Å². The normalized spacial score (nSPS) is 21.4. The molecule has 156 valence electrons. The Morgan fingerprint density at radius 3 is 2.70 bits per heavy atom. The van der Waals surface area contributed by atoms with Crippen LogP contribution in [0.25, 0.3) is 10.6 Å². The summed E-state index contributed by atoms with van der Waals surface area (Å²) in [6.45, 7) is 2.10. The van der Waals surface area contributed by atoms with Crippen LogP contribution in [0.1, 0.15) is 48.2 Å². The van der Waals surface area contributed by atoms with E-state index >= 15 is 0 Å². The van der Waals surface area contributed by atoms with Crippen molar-refractivity contribution in [2.75, 3.05) is 5.32 Å². The first kappa shape index (κ1) is 20.6. The number of benzene rings is 1. The zero-order valence-electron chi connectivity index (χ0n) is 16.3. The van der Waals surface area contributed by atoms with Crippen molar-refractivity contribution >= 4 is 22.9 Å². The lowest BCUT2D eigenvalue weighted by atomic mass is 9.77. The highest BCUT2D eigenvalue weighted by Crippen LogP contribution is 2.39. The number of hydrogen-bond acceptors (Lipinski definition) is 5. The predicted octanol–water partition coefficient (Wildman–Crippen LogP) is 5.00. The number of anilines is 1. The molecule has 1 aliphatic rings. The second-order valence-corrected chi connectivity index (χ2v) is 8.57. The molecular formula is C22H21F2N3O2S. The Balaban J connectivity index is 1.57. The van der Waals surface area contributed by atoms with E-state index in [0.29, 0.717) is 18.0 Å². The van der Waals surface area contributed by atoms with Crippen LogP contribution in [0.5, 0.6) is 0 Å². The van der Waals surface area contributed by atoms with Gasteiger partial charge in [0.25, 0.3) is 5.91 Å². The van der Waals surface area contributed by atoms with Gasteiger partial charge in [0.05, 0.1) is 23.6 Å². The van der Waals surface area contributed by atoms with Gasteiger partial charge in [-0.3, -0.25) is 9.78 Å². The highest BCUT2D eigenvalue weighted by atomic mass is 32.1. The van der Waals surface area contributed by atoms with E-state index in [4.69, 9.17) is 0 Å². The van der Waals surface area contributed by atoms with Crippen molar-refractivity contribution in [3.8, 4) is 10.6 Å². The molecule has 2 aromatic heterocycles. The number of aliphatic hydroxyl groups excluding tert-OH is 1. The van der Waals surface area contributed by atoms with Gasteiger partial charge in [-0.25, -0.2) is 13.8 Å². The third-order valence-electron chi connectivity index (χ3n) is 5.37. The number of aromatic nitrogens is 2. The molecule has 30 heavy (non-hydrogen) atoms. The van der Waals surface area contributed by atoms with E-state index < -0.39 is 17.5 Å². The summed E-state index contributed by atoms with van der Waals surface area (Å²) in [5.74, 6) is -1.44. The van der Waals surface area contributed by atoms with Crippen LogP contribution >= 0.6 is 11.3 Å². The average molecular weight is 429 g/mol. The van der Waals surface area contributed by atoms with Crippen LogP contribution in [0.2, 0.25) is 0 Å². The van der Waals surface area contributed by atoms with Gasteiger partial charge in [0.2, 0.25) is 0 Å². The molecule has 0 saturated heterocycles. The number of aliphatic hydroxyl groups is 1. The Morgan fingerprint density at radius 2 is 1.97 bits per heavy atom. The van der Waals surface area contributed by atoms with E-state index in [2.05, 4.69) is 22.2 Å². The maximum absolute atomic E-state index is 14.0. The smallest absolute Gasteiger partial charge is 0.275 e. The minimum absolute atomic E-state index is 0.0736. The van der Waals surface area contributed by atoms with Crippen molar-refractivity contribution in [3.63, 3.8) is 0 Å². The standard InChI is InChI=1S/C22H21F2N3O2S/c1-12-7-13(9-14(28)8-12)15-5-6-25-10-18(15)26-21(29)19-11-30-22(27-19)20-16(23)3-2-4-17(20)24/h2-6,10-14,28H,7-9H2,1H3,(H,26,29)/t12-,13+,14+/m0/s1. The number of carbonyl (C=O) groups is 1. The number of amides is 1. The fraction of sp³-hybridized carbons (Fsp3) is 0.318. The number of rotatable bonds is 4. The molecule has 0 spiro atoms. The van der Waals surface area contributed by atoms with Crippen LogP contribution in [0.4, 0.5) is 14.5 Å². The minimum atomic E-state index is -0.726. The molecule has 0 aliphatic heterocycles. The molecule has 1 saturated carbocycles. The second-order valence-electron chi connectivity index (χ2n) is 7.71. The van der Waals surface area contributed by atoms with Crippen molar-refractivity contribution in [1.82, 2.24) is 9.97 Å². The topological polar surface area (TPSA) is 75.1 Å². The lowest BCUT2D eigenvalue weighted by molar-refractivity contribution is 0.0947. The molecule has 2 heterocycles. The number of pyridine rings is 1. The number of nitrogens with one attached hydrogen (secondary N) is 1. The minimum Gasteiger partial charge on any atom is -0.393 e. The molecule has 1 aromatic carbocycles. The molecule has 3 atom stereocenters. The van der Waals surface area contributed by atoms with Gasteiger partial charge < -0.3 is 10.4 Å². The molecule has 3 aromatic rings. The summed E-state index contributed by atoms with van der Waals surface area (Å²) in [5, 5.41) is 14.5. The largest absolute Gasteiger partial charge is 0.393 e. The molecule has 0 unspecified atom stereocenters. The fourth-order valence-corrected chi connectivity index (χ4v) is 4.92. The maximum Gasteiger partial charge on any atom is 0.275 e. The first-order valence-corrected chi connectivity index (χ1v) is 10.6. The first-order valence-electron chi connectivity index (χ1n) is 9.75. The van der Waals surface area contributed by atoms with Gasteiger partial charge in [0, 0.05) is 11.6 Å². The van der Waals surface area contributed by atoms with Crippen LogP contribution in [-0.2, 0) is 0 Å². The van der Waals surface area contributed by atoms with Crippen LogP contribution in [-0.4, -0.2) is 27.1 Å². The van der Waals surface area contributed by atoms with Gasteiger partial charge >= 0.3 is 0 Å². The third kappa shape index (κ3) is 4.24. The molecular weight excluding hydrogens is 408 g/mol. The number of thiazole rings is 1. The Labute approximate surface area is 176 Å². The van der Waals surface area contributed by atoms with Gasteiger partial charge in [-0.05, 0) is 54.9 Å². The van der Waals surface area contributed by atoms with Gasteiger partial charge in [0.1, 0.15) is 22.3 Å². The highest BCUT2D eigenvalue weighted by Gasteiger charge is 2.28. The molecule has 0 bridgehead atoms. The number of halogens is 2. The summed E-state index contributed by atoms with van der Waals surface area (Å²) >= 11 is 1.00. The molecule has 1 aliphatic carbocycles. The van der Waals surface area contributed by atoms with Gasteiger partial charge in [-0.1, -0.05) is 13.0 Å². The Bertz CT molecular complexity index is 1040. The Kier molecular flexibility index (Phi) is 5.87. The lowest BCUT2D eigenvalue weighted by Crippen LogP contribution is -2.25. The molecule has 5 nitrogen and oxygen atoms in total. The predicted molar refractivity (Wildman–Crippen MR) is 111 cm³/mol. The highest BCUT2D eigenvalue weighted by molar-refractivity contribution is 7.13. The first-order chi connectivity index (χ1) is 14.4. The SMILES string of the molecule is C[C@@H]1C[C@@H](O)C[C@H](c2ccncc2NC(=O)c2csc(-c3c(F)cccc3F)n2)C1. The second kappa shape index (κ2) is 8.57. The third-order valence-corrected chi connectivity index (χ3v) is 6.23. The van der Waals surface area contributed by atoms with Gasteiger partial charge in [-0.15, -0.1) is 11.3 Å². The molecule has 2 N–H and O–H groups in total. The van der Waals surface area contributed by atoms with E-state index in [1.54, 1.807) is 12.4 Å². The molecule has 8 heteroatoms. The van der Waals surface area contributed by atoms with Crippen LogP contribution < -0.4 is 5.32 Å². The summed E-state index contributed by atoms with van der Waals surface area (Å²) in [7, 11) is 0.